The molecule has 0 saturated heterocycles. The van der Waals surface area contributed by atoms with Crippen molar-refractivity contribution < 1.29 is 24.5 Å². The molecule has 0 aromatic heterocycles. The first-order valence-corrected chi connectivity index (χ1v) is 8.48. The molecule has 0 amide bonds. The van der Waals surface area contributed by atoms with Crippen LogP contribution in [0.2, 0.25) is 5.02 Å². The number of aromatic hydroxyl groups is 1. The number of rotatable bonds is 6. The van der Waals surface area contributed by atoms with Gasteiger partial charge in [-0.1, -0.05) is 35.9 Å². The number of carboxylic acid groups (broad SMARTS) is 1. The van der Waals surface area contributed by atoms with E-state index in [1.165, 1.54) is 18.2 Å². The Morgan fingerprint density at radius 1 is 1.07 bits per heavy atom. The van der Waals surface area contributed by atoms with E-state index in [-0.39, 0.29) is 22.0 Å². The van der Waals surface area contributed by atoms with Gasteiger partial charge in [0.15, 0.2) is 6.61 Å². The second kappa shape index (κ2) is 7.98. The number of ether oxygens (including phenoxy) is 1. The van der Waals surface area contributed by atoms with Gasteiger partial charge in [-0.15, -0.1) is 0 Å². The second-order valence-corrected chi connectivity index (χ2v) is 6.22. The van der Waals surface area contributed by atoms with E-state index >= 15 is 0 Å². The van der Waals surface area contributed by atoms with E-state index in [2.05, 4.69) is 5.10 Å². The van der Waals surface area contributed by atoms with Gasteiger partial charge in [-0.2, -0.15) is 5.10 Å². The van der Waals surface area contributed by atoms with E-state index in [1.807, 2.05) is 0 Å². The van der Waals surface area contributed by atoms with E-state index in [0.29, 0.717) is 22.1 Å². The van der Waals surface area contributed by atoms with Crippen molar-refractivity contribution in [1.29, 1.82) is 0 Å². The zero-order chi connectivity index (χ0) is 20.3. The van der Waals surface area contributed by atoms with Crippen molar-refractivity contribution in [3.05, 3.63) is 70.7 Å². The lowest BCUT2D eigenvalue weighted by Gasteiger charge is -2.13. The average molecular weight is 399 g/mol. The fraction of sp³-hybridized carbons (Fsp3) is 0.0500. The summed E-state index contributed by atoms with van der Waals surface area (Å²) in [6.45, 7) is -0.494. The Kier molecular flexibility index (Phi) is 5.47. The maximum atomic E-state index is 12.9. The van der Waals surface area contributed by atoms with Gasteiger partial charge in [0.05, 0.1) is 5.02 Å². The number of ketones is 1. The number of carbonyl (C=O) groups is 2. The third kappa shape index (κ3) is 3.74. The topological polar surface area (TPSA) is 122 Å². The number of fused-ring (bicyclic) bond motifs is 1. The van der Waals surface area contributed by atoms with Crippen LogP contribution in [0.25, 0.3) is 10.8 Å². The molecule has 0 aliphatic rings. The number of phenolic OH excluding ortho intramolecular Hbond substituents is 1. The minimum Gasteiger partial charge on any atom is -0.506 e. The smallest absolute Gasteiger partial charge is 0.341 e. The number of carbonyl (C=O) groups excluding carboxylic acids is 1. The Morgan fingerprint density at radius 3 is 2.43 bits per heavy atom. The Labute approximate surface area is 164 Å². The first-order valence-electron chi connectivity index (χ1n) is 8.10. The molecule has 0 aliphatic carbocycles. The number of benzene rings is 3. The van der Waals surface area contributed by atoms with Crippen molar-refractivity contribution in [1.82, 2.24) is 0 Å². The van der Waals surface area contributed by atoms with Gasteiger partial charge >= 0.3 is 5.97 Å². The normalized spacial score (nSPS) is 11.4. The summed E-state index contributed by atoms with van der Waals surface area (Å²) in [5.41, 5.74) is 0.653. The standard InChI is InChI=1S/C20H15ClN2O5/c21-15-9-11(5-7-16(15)24)20(27)19(23-22)14-6-8-17(28-10-18(25)26)13-4-2-1-3-12(13)14/h1-9,24H,10,22H2,(H,25,26)/b23-19+. The first kappa shape index (κ1) is 19.2. The fourth-order valence-corrected chi connectivity index (χ4v) is 2.96. The maximum absolute atomic E-state index is 12.9. The third-order valence-electron chi connectivity index (χ3n) is 4.04. The van der Waals surface area contributed by atoms with Crippen molar-refractivity contribution >= 4 is 39.8 Å². The van der Waals surface area contributed by atoms with Crippen LogP contribution in [0.3, 0.4) is 0 Å². The molecule has 0 unspecified atom stereocenters. The molecule has 0 spiro atoms. The predicted molar refractivity (Wildman–Crippen MR) is 105 cm³/mol. The van der Waals surface area contributed by atoms with Gasteiger partial charge in [0.25, 0.3) is 0 Å². The van der Waals surface area contributed by atoms with Crippen LogP contribution >= 0.6 is 11.6 Å². The number of halogens is 1. The molecule has 4 N–H and O–H groups in total. The average Bonchev–Trinajstić information content (AvgIpc) is 2.69. The highest BCUT2D eigenvalue weighted by Crippen LogP contribution is 2.30. The van der Waals surface area contributed by atoms with Gasteiger partial charge in [0.2, 0.25) is 5.78 Å². The van der Waals surface area contributed by atoms with Crippen LogP contribution in [0.15, 0.2) is 59.7 Å². The Hall–Kier alpha value is -3.58. The molecule has 3 aromatic carbocycles. The molecule has 0 radical (unpaired) electrons. The van der Waals surface area contributed by atoms with Crippen LogP contribution in [-0.2, 0) is 4.79 Å². The Morgan fingerprint density at radius 2 is 1.79 bits per heavy atom. The monoisotopic (exact) mass is 398 g/mol. The van der Waals surface area contributed by atoms with Gasteiger partial charge < -0.3 is 20.8 Å². The highest BCUT2D eigenvalue weighted by atomic mass is 35.5. The van der Waals surface area contributed by atoms with Crippen molar-refractivity contribution in [2.45, 2.75) is 0 Å². The van der Waals surface area contributed by atoms with Crippen LogP contribution in [0.4, 0.5) is 0 Å². The predicted octanol–water partition coefficient (Wildman–Crippen LogP) is 3.21. The molecular weight excluding hydrogens is 384 g/mol. The van der Waals surface area contributed by atoms with Crippen LogP contribution in [0.1, 0.15) is 15.9 Å². The molecule has 0 heterocycles. The van der Waals surface area contributed by atoms with Crippen LogP contribution < -0.4 is 10.6 Å². The van der Waals surface area contributed by atoms with E-state index in [4.69, 9.17) is 27.3 Å². The van der Waals surface area contributed by atoms with E-state index < -0.39 is 18.4 Å². The number of nitrogens with two attached hydrogens (primary N) is 1. The summed E-state index contributed by atoms with van der Waals surface area (Å²) in [5, 5.41) is 23.3. The highest BCUT2D eigenvalue weighted by Gasteiger charge is 2.20. The molecule has 3 aromatic rings. The largest absolute Gasteiger partial charge is 0.506 e. The molecule has 142 valence electrons. The molecule has 8 heteroatoms. The van der Waals surface area contributed by atoms with E-state index in [9.17, 15) is 14.7 Å². The number of hydrogen-bond donors (Lipinski definition) is 3. The zero-order valence-electron chi connectivity index (χ0n) is 14.4. The lowest BCUT2D eigenvalue weighted by atomic mass is 9.95. The van der Waals surface area contributed by atoms with Crippen molar-refractivity contribution in [2.75, 3.05) is 6.61 Å². The van der Waals surface area contributed by atoms with Crippen LogP contribution in [0, 0.1) is 0 Å². The first-order chi connectivity index (χ1) is 13.4. The van der Waals surface area contributed by atoms with E-state index in [0.717, 1.165) is 0 Å². The lowest BCUT2D eigenvalue weighted by molar-refractivity contribution is -0.139. The molecule has 0 bridgehead atoms. The number of phenols is 1. The minimum atomic E-state index is -1.10. The van der Waals surface area contributed by atoms with Crippen molar-refractivity contribution in [2.24, 2.45) is 10.9 Å². The number of aliphatic carboxylic acids is 1. The summed E-state index contributed by atoms with van der Waals surface area (Å²) in [6, 6.07) is 14.2. The van der Waals surface area contributed by atoms with Gasteiger partial charge in [-0.3, -0.25) is 4.79 Å². The van der Waals surface area contributed by atoms with Crippen LogP contribution in [0.5, 0.6) is 11.5 Å². The fourth-order valence-electron chi connectivity index (χ4n) is 2.78. The number of nitrogens with zero attached hydrogens (tertiary/aromatic N) is 1. The van der Waals surface area contributed by atoms with Crippen molar-refractivity contribution in [3.8, 4) is 11.5 Å². The van der Waals surface area contributed by atoms with Crippen LogP contribution in [-0.4, -0.2) is 34.3 Å². The number of carboxylic acids is 1. The molecule has 0 aliphatic heterocycles. The molecule has 0 atom stereocenters. The Balaban J connectivity index is 2.08. The summed E-state index contributed by atoms with van der Waals surface area (Å²) in [4.78, 5) is 23.7. The number of hydrogen-bond acceptors (Lipinski definition) is 6. The summed E-state index contributed by atoms with van der Waals surface area (Å²) < 4.78 is 5.32. The van der Waals surface area contributed by atoms with Crippen molar-refractivity contribution in [3.63, 3.8) is 0 Å². The summed E-state index contributed by atoms with van der Waals surface area (Å²) in [5.74, 6) is 4.15. The molecule has 28 heavy (non-hydrogen) atoms. The molecule has 0 saturated carbocycles. The van der Waals surface area contributed by atoms with Gasteiger partial charge in [-0.05, 0) is 35.7 Å². The number of hydrazone groups is 1. The van der Waals surface area contributed by atoms with Gasteiger partial charge in [0.1, 0.15) is 17.2 Å². The van der Waals surface area contributed by atoms with Gasteiger partial charge in [0, 0.05) is 16.5 Å². The minimum absolute atomic E-state index is 0.0114. The number of Topliss-reactive ketones (excluding diaryl/α,β-unsaturated/α-hetero) is 1. The molecular formula is C20H15ClN2O5. The molecule has 0 fully saturated rings. The quantitative estimate of drug-likeness (QED) is 0.253. The Bertz CT molecular complexity index is 1110. The van der Waals surface area contributed by atoms with Gasteiger partial charge in [-0.25, -0.2) is 4.79 Å². The maximum Gasteiger partial charge on any atom is 0.341 e. The zero-order valence-corrected chi connectivity index (χ0v) is 15.2. The summed E-state index contributed by atoms with van der Waals surface area (Å²) in [6.07, 6.45) is 0. The van der Waals surface area contributed by atoms with E-state index in [1.54, 1.807) is 36.4 Å². The highest BCUT2D eigenvalue weighted by molar-refractivity contribution is 6.53. The SMILES string of the molecule is N/N=C(/C(=O)c1ccc(O)c(Cl)c1)c1ccc(OCC(=O)O)c2ccccc12. The molecule has 3 rings (SSSR count). The summed E-state index contributed by atoms with van der Waals surface area (Å²) in [7, 11) is 0. The lowest BCUT2D eigenvalue weighted by Crippen LogP contribution is -2.18. The summed E-state index contributed by atoms with van der Waals surface area (Å²) >= 11 is 5.89. The molecule has 7 nitrogen and oxygen atoms in total. The third-order valence-corrected chi connectivity index (χ3v) is 4.35. The second-order valence-electron chi connectivity index (χ2n) is 5.81.